The van der Waals surface area contributed by atoms with Crippen LogP contribution in [-0.2, 0) is 20.7 Å². The first-order valence-corrected chi connectivity index (χ1v) is 8.17. The van der Waals surface area contributed by atoms with Gasteiger partial charge in [-0.15, -0.1) is 0 Å². The maximum atomic E-state index is 13.5. The molecule has 0 atom stereocenters. The van der Waals surface area contributed by atoms with E-state index in [1.54, 1.807) is 18.2 Å². The molecule has 1 aromatic rings. The number of ether oxygens (including phenoxy) is 2. The van der Waals surface area contributed by atoms with Crippen LogP contribution in [0.2, 0.25) is 0 Å². The van der Waals surface area contributed by atoms with Crippen LogP contribution < -0.4 is 5.32 Å². The van der Waals surface area contributed by atoms with Gasteiger partial charge in [-0.2, -0.15) is 0 Å². The van der Waals surface area contributed by atoms with Gasteiger partial charge in [0.2, 0.25) is 5.91 Å². The molecular formula is C17H23FN2O3. The fourth-order valence-electron chi connectivity index (χ4n) is 3.13. The molecule has 2 aliphatic rings. The number of hydrogen-bond donors (Lipinski definition) is 1. The molecule has 2 fully saturated rings. The second kappa shape index (κ2) is 7.38. The number of benzene rings is 1. The highest BCUT2D eigenvalue weighted by Gasteiger charge is 2.39. The monoisotopic (exact) mass is 322 g/mol. The van der Waals surface area contributed by atoms with Crippen molar-refractivity contribution >= 4 is 5.91 Å². The molecule has 126 valence electrons. The molecule has 2 saturated heterocycles. The summed E-state index contributed by atoms with van der Waals surface area (Å²) in [6, 6.07) is 6.65. The zero-order chi connectivity index (χ0) is 16.1. The van der Waals surface area contributed by atoms with Crippen molar-refractivity contribution in [1.82, 2.24) is 10.2 Å². The summed E-state index contributed by atoms with van der Waals surface area (Å²) in [5.74, 6) is -0.650. The van der Waals surface area contributed by atoms with Crippen LogP contribution in [0.3, 0.4) is 0 Å². The normalized spacial score (nSPS) is 20.7. The van der Waals surface area contributed by atoms with Gasteiger partial charge in [0.1, 0.15) is 5.82 Å². The first kappa shape index (κ1) is 16.4. The Labute approximate surface area is 135 Å². The highest BCUT2D eigenvalue weighted by Crippen LogP contribution is 2.30. The molecule has 1 amide bonds. The van der Waals surface area contributed by atoms with E-state index in [1.165, 1.54) is 6.07 Å². The number of carbonyl (C=O) groups is 1. The average Bonchev–Trinajstić information content (AvgIpc) is 3.00. The van der Waals surface area contributed by atoms with Crippen molar-refractivity contribution in [2.24, 2.45) is 0 Å². The lowest BCUT2D eigenvalue weighted by molar-refractivity contribution is -0.185. The molecule has 6 heteroatoms. The van der Waals surface area contributed by atoms with E-state index >= 15 is 0 Å². The van der Waals surface area contributed by atoms with Crippen LogP contribution in [0.25, 0.3) is 0 Å². The second-order valence-corrected chi connectivity index (χ2v) is 6.08. The van der Waals surface area contributed by atoms with E-state index < -0.39 is 5.79 Å². The Balaban J connectivity index is 1.36. The first-order chi connectivity index (χ1) is 11.2. The number of halogens is 1. The van der Waals surface area contributed by atoms with Crippen LogP contribution in [0.4, 0.5) is 4.39 Å². The van der Waals surface area contributed by atoms with Crippen LogP contribution in [0.1, 0.15) is 18.4 Å². The largest absolute Gasteiger partial charge is 0.355 e. The van der Waals surface area contributed by atoms with Crippen molar-refractivity contribution in [2.45, 2.75) is 25.0 Å². The van der Waals surface area contributed by atoms with Gasteiger partial charge < -0.3 is 14.8 Å². The highest BCUT2D eigenvalue weighted by molar-refractivity contribution is 5.78. The van der Waals surface area contributed by atoms with Crippen molar-refractivity contribution in [3.8, 4) is 0 Å². The molecule has 0 aliphatic carbocycles. The summed E-state index contributed by atoms with van der Waals surface area (Å²) in [4.78, 5) is 14.1. The topological polar surface area (TPSA) is 50.8 Å². The summed E-state index contributed by atoms with van der Waals surface area (Å²) in [6.45, 7) is 3.73. The third kappa shape index (κ3) is 4.28. The van der Waals surface area contributed by atoms with E-state index in [9.17, 15) is 9.18 Å². The van der Waals surface area contributed by atoms with Gasteiger partial charge in [-0.05, 0) is 18.1 Å². The fraction of sp³-hybridized carbons (Fsp3) is 0.588. The number of likely N-dealkylation sites (tertiary alicyclic amines) is 1. The van der Waals surface area contributed by atoms with Gasteiger partial charge >= 0.3 is 0 Å². The summed E-state index contributed by atoms with van der Waals surface area (Å²) >= 11 is 0. The maximum absolute atomic E-state index is 13.5. The molecule has 0 radical (unpaired) electrons. The van der Waals surface area contributed by atoms with E-state index in [-0.39, 0.29) is 11.7 Å². The lowest BCUT2D eigenvalue weighted by atomic mass is 10.0. The van der Waals surface area contributed by atoms with Crippen LogP contribution in [-0.4, -0.2) is 56.0 Å². The molecule has 5 nitrogen and oxygen atoms in total. The van der Waals surface area contributed by atoms with Gasteiger partial charge in [0, 0.05) is 32.5 Å². The summed E-state index contributed by atoms with van der Waals surface area (Å²) in [5, 5.41) is 2.86. The molecule has 0 unspecified atom stereocenters. The van der Waals surface area contributed by atoms with Gasteiger partial charge in [0.15, 0.2) is 5.79 Å². The highest BCUT2D eigenvalue weighted by atomic mass is 19.1. The van der Waals surface area contributed by atoms with Crippen LogP contribution in [0.15, 0.2) is 24.3 Å². The van der Waals surface area contributed by atoms with Crippen molar-refractivity contribution < 1.29 is 18.7 Å². The standard InChI is InChI=1S/C17H23FN2O3/c18-15-4-2-1-3-14(15)5-8-19-16(21)13-20-9-6-17(7-10-20)22-11-12-23-17/h1-4H,5-13H2,(H,19,21). The number of amides is 1. The minimum atomic E-state index is -0.405. The molecule has 1 spiro atoms. The third-order valence-corrected chi connectivity index (χ3v) is 4.47. The van der Waals surface area contributed by atoms with Crippen molar-refractivity contribution in [3.63, 3.8) is 0 Å². The molecule has 3 rings (SSSR count). The quantitative estimate of drug-likeness (QED) is 0.888. The molecule has 2 heterocycles. The van der Waals surface area contributed by atoms with Crippen LogP contribution in [0, 0.1) is 5.82 Å². The Morgan fingerprint density at radius 1 is 1.22 bits per heavy atom. The van der Waals surface area contributed by atoms with Crippen molar-refractivity contribution in [2.75, 3.05) is 39.4 Å². The minimum absolute atomic E-state index is 0.0226. The summed E-state index contributed by atoms with van der Waals surface area (Å²) in [7, 11) is 0. The van der Waals surface area contributed by atoms with E-state index in [1.807, 2.05) is 0 Å². The molecule has 1 aromatic carbocycles. The maximum Gasteiger partial charge on any atom is 0.234 e. The number of rotatable bonds is 5. The first-order valence-electron chi connectivity index (χ1n) is 8.17. The van der Waals surface area contributed by atoms with E-state index in [0.29, 0.717) is 38.3 Å². The number of piperidine rings is 1. The Morgan fingerprint density at radius 3 is 2.61 bits per heavy atom. The second-order valence-electron chi connectivity index (χ2n) is 6.08. The molecule has 1 N–H and O–H groups in total. The lowest BCUT2D eigenvalue weighted by Gasteiger charge is -2.37. The lowest BCUT2D eigenvalue weighted by Crippen LogP contribution is -2.48. The van der Waals surface area contributed by atoms with Gasteiger partial charge in [-0.1, -0.05) is 18.2 Å². The molecular weight excluding hydrogens is 299 g/mol. The summed E-state index contributed by atoms with van der Waals surface area (Å²) < 4.78 is 24.8. The zero-order valence-electron chi connectivity index (χ0n) is 13.2. The van der Waals surface area contributed by atoms with Crippen molar-refractivity contribution in [1.29, 1.82) is 0 Å². The van der Waals surface area contributed by atoms with E-state index in [0.717, 1.165) is 25.9 Å². The molecule has 0 saturated carbocycles. The van der Waals surface area contributed by atoms with Crippen molar-refractivity contribution in [3.05, 3.63) is 35.6 Å². The SMILES string of the molecule is O=C(CN1CCC2(CC1)OCCO2)NCCc1ccccc1F. The Morgan fingerprint density at radius 2 is 1.91 bits per heavy atom. The Bertz CT molecular complexity index is 536. The van der Waals surface area contributed by atoms with Gasteiger partial charge in [-0.25, -0.2) is 4.39 Å². The number of nitrogens with one attached hydrogen (secondary N) is 1. The molecule has 0 aromatic heterocycles. The molecule has 0 bridgehead atoms. The van der Waals surface area contributed by atoms with E-state index in [2.05, 4.69) is 10.2 Å². The van der Waals surface area contributed by atoms with Gasteiger partial charge in [0.25, 0.3) is 0 Å². The summed E-state index contributed by atoms with van der Waals surface area (Å²) in [6.07, 6.45) is 2.11. The predicted octanol–water partition coefficient (Wildman–Crippen LogP) is 1.32. The Hall–Kier alpha value is -1.50. The Kier molecular flexibility index (Phi) is 5.25. The van der Waals surface area contributed by atoms with Crippen LogP contribution in [0.5, 0.6) is 0 Å². The van der Waals surface area contributed by atoms with Gasteiger partial charge in [0.05, 0.1) is 19.8 Å². The number of carbonyl (C=O) groups excluding carboxylic acids is 1. The smallest absolute Gasteiger partial charge is 0.234 e. The number of nitrogens with zero attached hydrogens (tertiary/aromatic N) is 1. The minimum Gasteiger partial charge on any atom is -0.355 e. The summed E-state index contributed by atoms with van der Waals surface area (Å²) in [5.41, 5.74) is 0.628. The number of hydrogen-bond acceptors (Lipinski definition) is 4. The fourth-order valence-corrected chi connectivity index (χ4v) is 3.13. The van der Waals surface area contributed by atoms with Crippen LogP contribution >= 0.6 is 0 Å². The van der Waals surface area contributed by atoms with E-state index in [4.69, 9.17) is 9.47 Å². The molecule has 23 heavy (non-hydrogen) atoms. The predicted molar refractivity (Wildman–Crippen MR) is 83.4 cm³/mol. The average molecular weight is 322 g/mol. The van der Waals surface area contributed by atoms with Gasteiger partial charge in [-0.3, -0.25) is 9.69 Å². The zero-order valence-corrected chi connectivity index (χ0v) is 13.2. The third-order valence-electron chi connectivity index (χ3n) is 4.47. The molecule has 2 aliphatic heterocycles.